The molecule has 0 aliphatic carbocycles. The first-order chi connectivity index (χ1) is 11.7. The zero-order valence-electron chi connectivity index (χ0n) is 14.9. The quantitative estimate of drug-likeness (QED) is 0.838. The van der Waals surface area contributed by atoms with Gasteiger partial charge in [0.05, 0.1) is 0 Å². The number of anilines is 1. The monoisotopic (exact) mass is 360 g/mol. The van der Waals surface area contributed by atoms with E-state index in [-0.39, 0.29) is 17.5 Å². The lowest BCUT2D eigenvalue weighted by atomic mass is 9.93. The van der Waals surface area contributed by atoms with Crippen molar-refractivity contribution >= 4 is 17.4 Å². The Morgan fingerprint density at radius 2 is 1.68 bits per heavy atom. The molecule has 0 fully saturated rings. The van der Waals surface area contributed by atoms with Crippen molar-refractivity contribution < 1.29 is 0 Å². The summed E-state index contributed by atoms with van der Waals surface area (Å²) in [5, 5.41) is 10.1. The molecule has 0 aliphatic rings. The number of nitriles is 1. The lowest BCUT2D eigenvalue weighted by Crippen LogP contribution is -2.44. The van der Waals surface area contributed by atoms with Gasteiger partial charge in [-0.1, -0.05) is 30.7 Å². The van der Waals surface area contributed by atoms with E-state index in [1.165, 1.54) is 11.6 Å². The second-order valence-corrected chi connectivity index (χ2v) is 6.64. The van der Waals surface area contributed by atoms with E-state index in [0.29, 0.717) is 10.8 Å². The minimum absolute atomic E-state index is 0.0396. The first-order valence-electron chi connectivity index (χ1n) is 7.89. The number of likely N-dealkylation sites (N-methyl/N-ethyl adjacent to an activating group) is 1. The standard InChI is InChI=1S/C18H21ClN4O2/c1-11(13-6-8-14(19)9-7-13)12(2)21(3)16-15(10-20)17(24)23(5)18(25)22(16)4/h6-9,11-12H,1-5H3/t11-,12-/m0/s1. The summed E-state index contributed by atoms with van der Waals surface area (Å²) in [7, 11) is 4.72. The van der Waals surface area contributed by atoms with E-state index in [2.05, 4.69) is 6.92 Å². The summed E-state index contributed by atoms with van der Waals surface area (Å²) in [4.78, 5) is 26.3. The number of halogens is 1. The number of hydrogen-bond donors (Lipinski definition) is 0. The molecule has 0 saturated carbocycles. The van der Waals surface area contributed by atoms with Gasteiger partial charge in [-0.2, -0.15) is 5.26 Å². The maximum atomic E-state index is 12.3. The SMILES string of the molecule is C[C@H](c1ccc(Cl)cc1)[C@H](C)N(C)c1c(C#N)c(=O)n(C)c(=O)n1C. The molecule has 7 heteroatoms. The molecule has 1 heterocycles. The van der Waals surface area contributed by atoms with Crippen LogP contribution >= 0.6 is 11.6 Å². The van der Waals surface area contributed by atoms with E-state index in [4.69, 9.17) is 11.6 Å². The van der Waals surface area contributed by atoms with Gasteiger partial charge in [-0.05, 0) is 24.6 Å². The molecule has 1 aromatic carbocycles. The van der Waals surface area contributed by atoms with Crippen LogP contribution in [0.3, 0.4) is 0 Å². The topological polar surface area (TPSA) is 71.0 Å². The van der Waals surface area contributed by atoms with Crippen molar-refractivity contribution in [3.8, 4) is 6.07 Å². The van der Waals surface area contributed by atoms with E-state index in [9.17, 15) is 14.9 Å². The van der Waals surface area contributed by atoms with E-state index in [0.717, 1.165) is 10.1 Å². The summed E-state index contributed by atoms with van der Waals surface area (Å²) in [6.45, 7) is 4.04. The minimum Gasteiger partial charge on any atom is -0.356 e. The van der Waals surface area contributed by atoms with Gasteiger partial charge in [0.25, 0.3) is 5.56 Å². The number of hydrogen-bond acceptors (Lipinski definition) is 4. The van der Waals surface area contributed by atoms with Crippen LogP contribution in [0.1, 0.15) is 30.9 Å². The number of benzene rings is 1. The zero-order valence-corrected chi connectivity index (χ0v) is 15.7. The highest BCUT2D eigenvalue weighted by atomic mass is 35.5. The first kappa shape index (κ1) is 18.8. The van der Waals surface area contributed by atoms with E-state index < -0.39 is 11.2 Å². The van der Waals surface area contributed by atoms with Crippen LogP contribution < -0.4 is 16.1 Å². The Morgan fingerprint density at radius 1 is 1.12 bits per heavy atom. The molecule has 132 valence electrons. The van der Waals surface area contributed by atoms with Crippen LogP contribution in [0.15, 0.2) is 33.9 Å². The van der Waals surface area contributed by atoms with Gasteiger partial charge in [0.15, 0.2) is 5.56 Å². The van der Waals surface area contributed by atoms with Crippen LogP contribution in [0.25, 0.3) is 0 Å². The maximum absolute atomic E-state index is 12.3. The van der Waals surface area contributed by atoms with Gasteiger partial charge in [0.2, 0.25) is 0 Å². The zero-order chi connectivity index (χ0) is 18.9. The summed E-state index contributed by atoms with van der Waals surface area (Å²) in [6.07, 6.45) is 0. The predicted molar refractivity (Wildman–Crippen MR) is 99.4 cm³/mol. The Labute approximate surface area is 151 Å². The number of nitrogens with zero attached hydrogens (tertiary/aromatic N) is 4. The molecular weight excluding hydrogens is 340 g/mol. The Hall–Kier alpha value is -2.52. The predicted octanol–water partition coefficient (Wildman–Crippen LogP) is 2.24. The molecule has 25 heavy (non-hydrogen) atoms. The van der Waals surface area contributed by atoms with Crippen molar-refractivity contribution in [2.45, 2.75) is 25.8 Å². The molecule has 2 rings (SSSR count). The van der Waals surface area contributed by atoms with Crippen LogP contribution in [-0.4, -0.2) is 22.2 Å². The van der Waals surface area contributed by atoms with Crippen LogP contribution in [-0.2, 0) is 14.1 Å². The van der Waals surface area contributed by atoms with E-state index >= 15 is 0 Å². The third-order valence-electron chi connectivity index (χ3n) is 4.81. The van der Waals surface area contributed by atoms with E-state index in [1.807, 2.05) is 37.3 Å². The molecule has 0 bridgehead atoms. The van der Waals surface area contributed by atoms with Gasteiger partial charge in [-0.3, -0.25) is 13.9 Å². The highest BCUT2D eigenvalue weighted by Crippen LogP contribution is 2.27. The van der Waals surface area contributed by atoms with Crippen molar-refractivity contribution in [2.24, 2.45) is 14.1 Å². The van der Waals surface area contributed by atoms with Crippen LogP contribution in [0.2, 0.25) is 5.02 Å². The van der Waals surface area contributed by atoms with Crippen LogP contribution in [0.4, 0.5) is 5.82 Å². The van der Waals surface area contributed by atoms with Crippen molar-refractivity contribution in [1.82, 2.24) is 9.13 Å². The lowest BCUT2D eigenvalue weighted by Gasteiger charge is -2.33. The van der Waals surface area contributed by atoms with Crippen molar-refractivity contribution in [3.63, 3.8) is 0 Å². The van der Waals surface area contributed by atoms with Crippen molar-refractivity contribution in [3.05, 3.63) is 61.3 Å². The summed E-state index contributed by atoms with van der Waals surface area (Å²) >= 11 is 5.94. The van der Waals surface area contributed by atoms with Gasteiger partial charge in [-0.15, -0.1) is 0 Å². The highest BCUT2D eigenvalue weighted by Gasteiger charge is 2.25. The Balaban J connectivity index is 2.52. The van der Waals surface area contributed by atoms with Gasteiger partial charge in [0, 0.05) is 38.1 Å². The molecule has 0 aliphatic heterocycles. The largest absolute Gasteiger partial charge is 0.356 e. The normalized spacial score (nSPS) is 13.2. The van der Waals surface area contributed by atoms with Gasteiger partial charge >= 0.3 is 5.69 Å². The molecule has 1 aromatic heterocycles. The minimum atomic E-state index is -0.584. The molecule has 0 saturated heterocycles. The fraction of sp³-hybridized carbons (Fsp3) is 0.389. The van der Waals surface area contributed by atoms with Crippen LogP contribution in [0, 0.1) is 11.3 Å². The summed E-state index contributed by atoms with van der Waals surface area (Å²) in [5.74, 6) is 0.414. The third kappa shape index (κ3) is 3.33. The molecule has 0 N–H and O–H groups in total. The Morgan fingerprint density at radius 3 is 2.20 bits per heavy atom. The Bertz CT molecular complexity index is 938. The average Bonchev–Trinajstić information content (AvgIpc) is 2.61. The smallest absolute Gasteiger partial charge is 0.332 e. The summed E-state index contributed by atoms with van der Waals surface area (Å²) < 4.78 is 2.29. The van der Waals surface area contributed by atoms with E-state index in [1.54, 1.807) is 19.0 Å². The Kier molecular flexibility index (Phi) is 5.39. The molecule has 2 aromatic rings. The molecule has 6 nitrogen and oxygen atoms in total. The molecule has 0 unspecified atom stereocenters. The second-order valence-electron chi connectivity index (χ2n) is 6.21. The molecule has 2 atom stereocenters. The molecule has 0 radical (unpaired) electrons. The van der Waals surface area contributed by atoms with Crippen molar-refractivity contribution in [1.29, 1.82) is 5.26 Å². The summed E-state index contributed by atoms with van der Waals surface area (Å²) in [6, 6.07) is 9.44. The molecule has 0 spiro atoms. The van der Waals surface area contributed by atoms with Gasteiger partial charge in [0.1, 0.15) is 11.9 Å². The fourth-order valence-corrected chi connectivity index (χ4v) is 3.04. The first-order valence-corrected chi connectivity index (χ1v) is 8.26. The molecular formula is C18H21ClN4O2. The van der Waals surface area contributed by atoms with Crippen LogP contribution in [0.5, 0.6) is 0 Å². The van der Waals surface area contributed by atoms with Crippen molar-refractivity contribution in [2.75, 3.05) is 11.9 Å². The lowest BCUT2D eigenvalue weighted by molar-refractivity contribution is 0.557. The molecule has 0 amide bonds. The number of aromatic nitrogens is 2. The maximum Gasteiger partial charge on any atom is 0.332 e. The highest BCUT2D eigenvalue weighted by molar-refractivity contribution is 6.30. The number of rotatable bonds is 4. The average molecular weight is 361 g/mol. The fourth-order valence-electron chi connectivity index (χ4n) is 2.92. The summed E-state index contributed by atoms with van der Waals surface area (Å²) in [5.41, 5.74) is -0.00524. The second kappa shape index (κ2) is 7.16. The van der Waals surface area contributed by atoms with Gasteiger partial charge in [-0.25, -0.2) is 4.79 Å². The van der Waals surface area contributed by atoms with Gasteiger partial charge < -0.3 is 4.90 Å². The third-order valence-corrected chi connectivity index (χ3v) is 5.06.